The normalized spacial score (nSPS) is 10.1. The molecule has 0 saturated heterocycles. The van der Waals surface area contributed by atoms with Crippen molar-refractivity contribution < 1.29 is 0 Å². The summed E-state index contributed by atoms with van der Waals surface area (Å²) < 4.78 is 0. The van der Waals surface area contributed by atoms with Crippen molar-refractivity contribution in [3.8, 4) is 0 Å². The van der Waals surface area contributed by atoms with Gasteiger partial charge in [0, 0.05) is 12.1 Å². The van der Waals surface area contributed by atoms with Gasteiger partial charge in [-0.05, 0) is 24.5 Å². The van der Waals surface area contributed by atoms with E-state index in [0.717, 1.165) is 23.5 Å². The predicted molar refractivity (Wildman–Crippen MR) is 81.0 cm³/mol. The lowest BCUT2D eigenvalue weighted by molar-refractivity contribution is 0.875. The first-order chi connectivity index (χ1) is 8.77. The van der Waals surface area contributed by atoms with Crippen LogP contribution in [0.5, 0.6) is 0 Å². The number of thiocarbonyl (C=S) groups is 1. The third-order valence-corrected chi connectivity index (χ3v) is 3.30. The molecule has 2 aromatic rings. The molecule has 0 bridgehead atoms. The van der Waals surface area contributed by atoms with E-state index in [1.165, 1.54) is 11.1 Å². The van der Waals surface area contributed by atoms with Crippen LogP contribution >= 0.6 is 12.2 Å². The highest BCUT2D eigenvalue weighted by Gasteiger charge is 2.02. The molecule has 2 heteroatoms. The first-order valence-electron chi connectivity index (χ1n) is 6.15. The molecule has 0 atom stereocenters. The highest BCUT2D eigenvalue weighted by atomic mass is 32.1. The van der Waals surface area contributed by atoms with Gasteiger partial charge in [-0.15, -0.1) is 0 Å². The molecule has 18 heavy (non-hydrogen) atoms. The van der Waals surface area contributed by atoms with E-state index in [-0.39, 0.29) is 0 Å². The van der Waals surface area contributed by atoms with E-state index in [9.17, 15) is 0 Å². The maximum atomic E-state index is 5.41. The third-order valence-electron chi connectivity index (χ3n) is 2.93. The van der Waals surface area contributed by atoms with Crippen molar-refractivity contribution in [2.75, 3.05) is 6.54 Å². The summed E-state index contributed by atoms with van der Waals surface area (Å²) in [5.41, 5.74) is 3.67. The van der Waals surface area contributed by atoms with Gasteiger partial charge in [-0.1, -0.05) is 66.8 Å². The highest BCUT2D eigenvalue weighted by Crippen LogP contribution is 2.07. The maximum Gasteiger partial charge on any atom is 0.106 e. The van der Waals surface area contributed by atoms with Crippen LogP contribution in [0.4, 0.5) is 0 Å². The number of nitrogens with one attached hydrogen (secondary N) is 1. The molecule has 0 unspecified atom stereocenters. The van der Waals surface area contributed by atoms with Crippen LogP contribution in [-0.2, 0) is 6.42 Å². The van der Waals surface area contributed by atoms with Crippen LogP contribution in [0.15, 0.2) is 54.6 Å². The minimum atomic E-state index is 0.837. The number of benzene rings is 2. The van der Waals surface area contributed by atoms with Gasteiger partial charge in [-0.25, -0.2) is 0 Å². The van der Waals surface area contributed by atoms with E-state index in [2.05, 4.69) is 48.6 Å². The fourth-order valence-corrected chi connectivity index (χ4v) is 2.22. The molecule has 0 aliphatic rings. The molecule has 0 aromatic heterocycles. The predicted octanol–water partition coefficient (Wildman–Crippen LogP) is 3.50. The largest absolute Gasteiger partial charge is 0.375 e. The quantitative estimate of drug-likeness (QED) is 0.839. The molecule has 0 heterocycles. The zero-order valence-electron chi connectivity index (χ0n) is 10.5. The van der Waals surface area contributed by atoms with E-state index in [4.69, 9.17) is 12.2 Å². The first-order valence-corrected chi connectivity index (χ1v) is 6.56. The van der Waals surface area contributed by atoms with Crippen LogP contribution in [0.2, 0.25) is 0 Å². The van der Waals surface area contributed by atoms with E-state index in [1.807, 2.05) is 18.2 Å². The van der Waals surface area contributed by atoms with Gasteiger partial charge in [0.2, 0.25) is 0 Å². The van der Waals surface area contributed by atoms with Crippen molar-refractivity contribution in [1.29, 1.82) is 0 Å². The molecule has 2 rings (SSSR count). The minimum Gasteiger partial charge on any atom is -0.375 e. The molecule has 0 fully saturated rings. The van der Waals surface area contributed by atoms with E-state index in [1.54, 1.807) is 0 Å². The Morgan fingerprint density at radius 1 is 1.00 bits per heavy atom. The Kier molecular flexibility index (Phi) is 4.48. The van der Waals surface area contributed by atoms with Crippen molar-refractivity contribution in [1.82, 2.24) is 5.32 Å². The standard InChI is InChI=1S/C16H17NS/c1-13-7-5-6-10-15(13)16(18)17-12-11-14-8-3-2-4-9-14/h2-10H,11-12H2,1H3,(H,17,18). The molecule has 92 valence electrons. The molecule has 1 nitrogen and oxygen atoms in total. The van der Waals surface area contributed by atoms with Crippen LogP contribution < -0.4 is 5.32 Å². The number of hydrogen-bond acceptors (Lipinski definition) is 1. The summed E-state index contributed by atoms with van der Waals surface area (Å²) >= 11 is 5.41. The average Bonchev–Trinajstić information content (AvgIpc) is 2.40. The number of hydrogen-bond donors (Lipinski definition) is 1. The van der Waals surface area contributed by atoms with Gasteiger partial charge in [-0.3, -0.25) is 0 Å². The van der Waals surface area contributed by atoms with Gasteiger partial charge in [0.25, 0.3) is 0 Å². The van der Waals surface area contributed by atoms with Crippen LogP contribution in [0.1, 0.15) is 16.7 Å². The van der Waals surface area contributed by atoms with Gasteiger partial charge in [0.15, 0.2) is 0 Å². The summed E-state index contributed by atoms with van der Waals surface area (Å²) in [4.78, 5) is 0.837. The van der Waals surface area contributed by atoms with Crippen molar-refractivity contribution in [2.24, 2.45) is 0 Å². The molecule has 0 aliphatic carbocycles. The molecule has 0 spiro atoms. The molecule has 0 amide bonds. The van der Waals surface area contributed by atoms with Crippen molar-refractivity contribution in [2.45, 2.75) is 13.3 Å². The molecule has 1 N–H and O–H groups in total. The lowest BCUT2D eigenvalue weighted by Gasteiger charge is -2.10. The second kappa shape index (κ2) is 6.31. The Morgan fingerprint density at radius 2 is 1.67 bits per heavy atom. The second-order valence-corrected chi connectivity index (χ2v) is 4.71. The van der Waals surface area contributed by atoms with Gasteiger partial charge in [-0.2, -0.15) is 0 Å². The molecule has 0 saturated carbocycles. The van der Waals surface area contributed by atoms with E-state index >= 15 is 0 Å². The fourth-order valence-electron chi connectivity index (χ4n) is 1.89. The monoisotopic (exact) mass is 255 g/mol. The molecule has 0 aliphatic heterocycles. The summed E-state index contributed by atoms with van der Waals surface area (Å²) in [5, 5.41) is 3.32. The maximum absolute atomic E-state index is 5.41. The lowest BCUT2D eigenvalue weighted by atomic mass is 10.1. The molecular weight excluding hydrogens is 238 g/mol. The SMILES string of the molecule is Cc1ccccc1C(=S)NCCc1ccccc1. The molecule has 0 radical (unpaired) electrons. The zero-order valence-corrected chi connectivity index (χ0v) is 11.3. The van der Waals surface area contributed by atoms with Crippen LogP contribution in [0, 0.1) is 6.92 Å². The van der Waals surface area contributed by atoms with Crippen molar-refractivity contribution in [3.05, 3.63) is 71.3 Å². The van der Waals surface area contributed by atoms with Crippen molar-refractivity contribution in [3.63, 3.8) is 0 Å². The van der Waals surface area contributed by atoms with Gasteiger partial charge in [0.1, 0.15) is 4.99 Å². The van der Waals surface area contributed by atoms with Gasteiger partial charge >= 0.3 is 0 Å². The Labute approximate surface area is 114 Å². The third kappa shape index (κ3) is 3.41. The number of aryl methyl sites for hydroxylation is 1. The Morgan fingerprint density at radius 3 is 2.39 bits per heavy atom. The smallest absolute Gasteiger partial charge is 0.106 e. The van der Waals surface area contributed by atoms with E-state index in [0.29, 0.717) is 0 Å². The Hall–Kier alpha value is -1.67. The Balaban J connectivity index is 1.88. The summed E-state index contributed by atoms with van der Waals surface area (Å²) in [6.07, 6.45) is 0.993. The summed E-state index contributed by atoms with van der Waals surface area (Å²) in [5.74, 6) is 0. The summed E-state index contributed by atoms with van der Waals surface area (Å²) in [7, 11) is 0. The lowest BCUT2D eigenvalue weighted by Crippen LogP contribution is -2.25. The zero-order chi connectivity index (χ0) is 12.8. The number of rotatable bonds is 4. The summed E-state index contributed by atoms with van der Waals surface area (Å²) in [6, 6.07) is 18.6. The summed E-state index contributed by atoms with van der Waals surface area (Å²) in [6.45, 7) is 2.96. The van der Waals surface area contributed by atoms with Gasteiger partial charge < -0.3 is 5.32 Å². The minimum absolute atomic E-state index is 0.837. The highest BCUT2D eigenvalue weighted by molar-refractivity contribution is 7.80. The second-order valence-electron chi connectivity index (χ2n) is 4.31. The Bertz CT molecular complexity index is 520. The fraction of sp³-hybridized carbons (Fsp3) is 0.188. The van der Waals surface area contributed by atoms with Gasteiger partial charge in [0.05, 0.1) is 0 Å². The molecular formula is C16H17NS. The van der Waals surface area contributed by atoms with Crippen LogP contribution in [0.25, 0.3) is 0 Å². The van der Waals surface area contributed by atoms with E-state index < -0.39 is 0 Å². The van der Waals surface area contributed by atoms with Crippen LogP contribution in [-0.4, -0.2) is 11.5 Å². The topological polar surface area (TPSA) is 12.0 Å². The average molecular weight is 255 g/mol. The van der Waals surface area contributed by atoms with Crippen molar-refractivity contribution >= 4 is 17.2 Å². The first kappa shape index (κ1) is 12.8. The molecule has 2 aromatic carbocycles. The van der Waals surface area contributed by atoms with Crippen LogP contribution in [0.3, 0.4) is 0 Å².